The van der Waals surface area contributed by atoms with Crippen LogP contribution in [0.15, 0.2) is 112 Å². The molecule has 0 bridgehead atoms. The molecule has 4 aromatic carbocycles. The van der Waals surface area contributed by atoms with Crippen molar-refractivity contribution in [3.63, 3.8) is 0 Å². The molecule has 1 aliphatic rings. The molecule has 1 unspecified atom stereocenters. The van der Waals surface area contributed by atoms with E-state index in [1.807, 2.05) is 54.6 Å². The first-order valence-corrected chi connectivity index (χ1v) is 18.6. The molecule has 1 aliphatic carbocycles. The first-order chi connectivity index (χ1) is 23.2. The molecular weight excluding hydrogens is 714 g/mol. The Bertz CT molecular complexity index is 1790. The van der Waals surface area contributed by atoms with Crippen molar-refractivity contribution >= 4 is 55.1 Å². The van der Waals surface area contributed by atoms with E-state index in [0.717, 1.165) is 52.0 Å². The Kier molecular flexibility index (Phi) is 12.2. The summed E-state index contributed by atoms with van der Waals surface area (Å²) in [5, 5.41) is 3.42. The number of rotatable bonds is 13. The molecule has 252 valence electrons. The van der Waals surface area contributed by atoms with E-state index in [1.54, 1.807) is 30.3 Å². The van der Waals surface area contributed by atoms with Crippen LogP contribution in [0.2, 0.25) is 5.02 Å². The monoisotopic (exact) mass is 751 g/mol. The molecule has 0 aromatic heterocycles. The number of carbonyl (C=O) groups is 2. The first kappa shape index (κ1) is 35.4. The third-order valence-electron chi connectivity index (χ3n) is 8.52. The molecule has 8 nitrogen and oxygen atoms in total. The molecule has 0 radical (unpaired) electrons. The topological polar surface area (TPSA) is 96.0 Å². The third-order valence-corrected chi connectivity index (χ3v) is 11.1. The summed E-state index contributed by atoms with van der Waals surface area (Å²) in [6.45, 7) is -0.483. The molecule has 0 heterocycles. The predicted molar refractivity (Wildman–Crippen MR) is 193 cm³/mol. The molecular formula is C37H39BrClN3O5S. The summed E-state index contributed by atoms with van der Waals surface area (Å²) >= 11 is 9.94. The van der Waals surface area contributed by atoms with Crippen molar-refractivity contribution in [3.8, 4) is 5.75 Å². The van der Waals surface area contributed by atoms with Crippen molar-refractivity contribution < 1.29 is 22.7 Å². The van der Waals surface area contributed by atoms with Gasteiger partial charge in [-0.3, -0.25) is 13.9 Å². The summed E-state index contributed by atoms with van der Waals surface area (Å²) < 4.78 is 35.6. The lowest BCUT2D eigenvalue weighted by atomic mass is 9.94. The van der Waals surface area contributed by atoms with Gasteiger partial charge in [-0.05, 0) is 66.4 Å². The number of halogens is 2. The van der Waals surface area contributed by atoms with Crippen LogP contribution in [0.4, 0.5) is 5.69 Å². The van der Waals surface area contributed by atoms with Gasteiger partial charge < -0.3 is 15.0 Å². The second-order valence-electron chi connectivity index (χ2n) is 11.8. The van der Waals surface area contributed by atoms with Gasteiger partial charge in [0.25, 0.3) is 10.0 Å². The predicted octanol–water partition coefficient (Wildman–Crippen LogP) is 7.40. The number of ether oxygens (including phenoxy) is 1. The van der Waals surface area contributed by atoms with Crippen LogP contribution in [0.5, 0.6) is 5.75 Å². The fraction of sp³-hybridized carbons (Fsp3) is 0.297. The number of sulfonamides is 1. The number of amides is 2. The van der Waals surface area contributed by atoms with Gasteiger partial charge >= 0.3 is 0 Å². The van der Waals surface area contributed by atoms with Crippen LogP contribution in [-0.2, 0) is 32.6 Å². The van der Waals surface area contributed by atoms with Gasteiger partial charge in [0.1, 0.15) is 18.3 Å². The van der Waals surface area contributed by atoms with E-state index < -0.39 is 28.5 Å². The fourth-order valence-electron chi connectivity index (χ4n) is 5.94. The average Bonchev–Trinajstić information content (AvgIpc) is 3.10. The van der Waals surface area contributed by atoms with E-state index in [1.165, 1.54) is 30.2 Å². The van der Waals surface area contributed by atoms with E-state index in [9.17, 15) is 18.0 Å². The van der Waals surface area contributed by atoms with Gasteiger partial charge in [-0.2, -0.15) is 0 Å². The summed E-state index contributed by atoms with van der Waals surface area (Å²) in [5.74, 6) is -0.437. The summed E-state index contributed by atoms with van der Waals surface area (Å²) in [4.78, 5) is 30.4. The Labute approximate surface area is 296 Å². The molecule has 48 heavy (non-hydrogen) atoms. The fourth-order valence-corrected chi connectivity index (χ4v) is 7.89. The van der Waals surface area contributed by atoms with Crippen LogP contribution in [0.25, 0.3) is 0 Å². The largest absolute Gasteiger partial charge is 0.495 e. The van der Waals surface area contributed by atoms with E-state index in [0.29, 0.717) is 5.75 Å². The van der Waals surface area contributed by atoms with Gasteiger partial charge in [0.05, 0.1) is 22.7 Å². The first-order valence-electron chi connectivity index (χ1n) is 16.0. The minimum Gasteiger partial charge on any atom is -0.495 e. The normalized spacial score (nSPS) is 14.1. The average molecular weight is 753 g/mol. The number of benzene rings is 4. The van der Waals surface area contributed by atoms with Crippen LogP contribution < -0.4 is 14.4 Å². The number of methoxy groups -OCH3 is 1. The molecule has 1 saturated carbocycles. The highest BCUT2D eigenvalue weighted by Gasteiger charge is 2.35. The molecule has 0 spiro atoms. The van der Waals surface area contributed by atoms with Crippen molar-refractivity contribution in [3.05, 3.63) is 124 Å². The third kappa shape index (κ3) is 8.98. The number of hydrogen-bond acceptors (Lipinski definition) is 5. The highest BCUT2D eigenvalue weighted by Crippen LogP contribution is 2.32. The van der Waals surface area contributed by atoms with Crippen molar-refractivity contribution in [1.82, 2.24) is 10.2 Å². The molecule has 1 fully saturated rings. The maximum absolute atomic E-state index is 14.7. The summed E-state index contributed by atoms with van der Waals surface area (Å²) in [5.41, 5.74) is 1.86. The van der Waals surface area contributed by atoms with E-state index >= 15 is 0 Å². The van der Waals surface area contributed by atoms with E-state index in [2.05, 4.69) is 21.2 Å². The van der Waals surface area contributed by atoms with E-state index in [-0.39, 0.29) is 40.5 Å². The van der Waals surface area contributed by atoms with Crippen molar-refractivity contribution in [1.29, 1.82) is 0 Å². The van der Waals surface area contributed by atoms with Crippen molar-refractivity contribution in [2.75, 3.05) is 18.0 Å². The lowest BCUT2D eigenvalue weighted by Crippen LogP contribution is -2.55. The minimum absolute atomic E-state index is 0.0140. The zero-order valence-electron chi connectivity index (χ0n) is 26.7. The lowest BCUT2D eigenvalue weighted by Gasteiger charge is -2.35. The number of hydrogen-bond donors (Lipinski definition) is 1. The van der Waals surface area contributed by atoms with Crippen LogP contribution in [0, 0.1) is 0 Å². The van der Waals surface area contributed by atoms with Gasteiger partial charge in [0, 0.05) is 23.5 Å². The number of anilines is 1. The Morgan fingerprint density at radius 1 is 0.896 bits per heavy atom. The highest BCUT2D eigenvalue weighted by atomic mass is 79.9. The van der Waals surface area contributed by atoms with Crippen LogP contribution in [0.1, 0.15) is 43.2 Å². The molecule has 11 heteroatoms. The second kappa shape index (κ2) is 16.5. The molecule has 0 aliphatic heterocycles. The van der Waals surface area contributed by atoms with Crippen LogP contribution in [-0.4, -0.2) is 50.9 Å². The maximum Gasteiger partial charge on any atom is 0.264 e. The minimum atomic E-state index is -4.25. The Balaban J connectivity index is 1.57. The molecule has 1 atom stereocenters. The number of nitrogens with one attached hydrogen (secondary N) is 1. The highest BCUT2D eigenvalue weighted by molar-refractivity contribution is 9.10. The summed E-state index contributed by atoms with van der Waals surface area (Å²) in [7, 11) is -2.78. The quantitative estimate of drug-likeness (QED) is 0.154. The smallest absolute Gasteiger partial charge is 0.264 e. The van der Waals surface area contributed by atoms with Gasteiger partial charge in [-0.25, -0.2) is 8.42 Å². The Morgan fingerprint density at radius 3 is 2.17 bits per heavy atom. The van der Waals surface area contributed by atoms with Gasteiger partial charge in [0.2, 0.25) is 11.8 Å². The Morgan fingerprint density at radius 2 is 1.54 bits per heavy atom. The van der Waals surface area contributed by atoms with Crippen molar-refractivity contribution in [2.45, 2.75) is 62.0 Å². The Hall–Kier alpha value is -3.86. The summed E-state index contributed by atoms with van der Waals surface area (Å²) in [6.07, 6.45) is 5.22. The van der Waals surface area contributed by atoms with Gasteiger partial charge in [0.15, 0.2) is 0 Å². The maximum atomic E-state index is 14.7. The standard InChI is InChI=1S/C37H39BrClN3O5S/c1-47-35-22-21-31(24-33(35)39)42(48(45,46)32-15-9-4-10-16-32)26-36(43)41(25-28-17-19-29(38)20-18-28)34(23-27-11-5-2-6-12-27)37(44)40-30-13-7-3-8-14-30/h2,4-6,9-12,15-22,24,30,34H,3,7-8,13-14,23,25-26H2,1H3,(H,40,44). The lowest BCUT2D eigenvalue weighted by molar-refractivity contribution is -0.140. The van der Waals surface area contributed by atoms with E-state index in [4.69, 9.17) is 16.3 Å². The van der Waals surface area contributed by atoms with Crippen LogP contribution >= 0.6 is 27.5 Å². The molecule has 0 saturated heterocycles. The van der Waals surface area contributed by atoms with Crippen LogP contribution in [0.3, 0.4) is 0 Å². The zero-order valence-corrected chi connectivity index (χ0v) is 29.9. The van der Waals surface area contributed by atoms with Gasteiger partial charge in [-0.1, -0.05) is 107 Å². The molecule has 1 N–H and O–H groups in total. The number of nitrogens with zero attached hydrogens (tertiary/aromatic N) is 2. The van der Waals surface area contributed by atoms with Gasteiger partial charge in [-0.15, -0.1) is 0 Å². The number of carbonyl (C=O) groups excluding carboxylic acids is 2. The summed E-state index contributed by atoms with van der Waals surface area (Å²) in [6, 6.07) is 28.7. The molecule has 4 aromatic rings. The SMILES string of the molecule is COc1ccc(N(CC(=O)N(Cc2ccc(Br)cc2)C(Cc2ccccc2)C(=O)NC2CCCCC2)S(=O)(=O)c2ccccc2)cc1Cl. The second-order valence-corrected chi connectivity index (χ2v) is 15.0. The zero-order chi connectivity index (χ0) is 34.1. The van der Waals surface area contributed by atoms with Crippen molar-refractivity contribution in [2.24, 2.45) is 0 Å². The molecule has 2 amide bonds. The molecule has 5 rings (SSSR count).